The topological polar surface area (TPSA) is 32.3 Å². The fourth-order valence-electron chi connectivity index (χ4n) is 4.22. The van der Waals surface area contributed by atoms with Crippen molar-refractivity contribution < 1.29 is 4.79 Å². The van der Waals surface area contributed by atoms with E-state index >= 15 is 0 Å². The summed E-state index contributed by atoms with van der Waals surface area (Å²) < 4.78 is 0. The van der Waals surface area contributed by atoms with Gasteiger partial charge < -0.3 is 10.2 Å². The Bertz CT molecular complexity index is 890. The van der Waals surface area contributed by atoms with Crippen LogP contribution in [0.25, 0.3) is 0 Å². The molecule has 30 heavy (non-hydrogen) atoms. The van der Waals surface area contributed by atoms with E-state index in [0.717, 1.165) is 35.8 Å². The Kier molecular flexibility index (Phi) is 6.48. The van der Waals surface area contributed by atoms with Gasteiger partial charge in [0.15, 0.2) is 0 Å². The van der Waals surface area contributed by atoms with Crippen LogP contribution in [0.3, 0.4) is 0 Å². The summed E-state index contributed by atoms with van der Waals surface area (Å²) in [6.45, 7) is 4.56. The summed E-state index contributed by atoms with van der Waals surface area (Å²) in [4.78, 5) is 15.3. The summed E-state index contributed by atoms with van der Waals surface area (Å²) in [5.74, 6) is 0.899. The highest BCUT2D eigenvalue weighted by Gasteiger charge is 2.19. The number of rotatable bonds is 6. The molecule has 4 rings (SSSR count). The summed E-state index contributed by atoms with van der Waals surface area (Å²) in [5, 5.41) is 3.09. The Morgan fingerprint density at radius 2 is 1.40 bits per heavy atom. The predicted octanol–water partition coefficient (Wildman–Crippen LogP) is 6.08. The molecule has 0 bridgehead atoms. The van der Waals surface area contributed by atoms with E-state index in [1.165, 1.54) is 18.5 Å². The summed E-state index contributed by atoms with van der Waals surface area (Å²) in [6, 6.07) is 28.8. The zero-order valence-electron chi connectivity index (χ0n) is 17.6. The zero-order chi connectivity index (χ0) is 20.8. The molecular weight excluding hydrogens is 368 g/mol. The van der Waals surface area contributed by atoms with Gasteiger partial charge in [-0.25, -0.2) is 0 Å². The van der Waals surface area contributed by atoms with E-state index in [0.29, 0.717) is 6.42 Å². The van der Waals surface area contributed by atoms with Crippen LogP contribution in [0.4, 0.5) is 11.4 Å². The van der Waals surface area contributed by atoms with Crippen molar-refractivity contribution in [3.63, 3.8) is 0 Å². The van der Waals surface area contributed by atoms with E-state index in [9.17, 15) is 4.79 Å². The van der Waals surface area contributed by atoms with Gasteiger partial charge in [-0.1, -0.05) is 67.6 Å². The minimum absolute atomic E-state index is 0.0345. The summed E-state index contributed by atoms with van der Waals surface area (Å²) >= 11 is 0. The van der Waals surface area contributed by atoms with Crippen LogP contribution in [0.15, 0.2) is 84.9 Å². The van der Waals surface area contributed by atoms with Crippen LogP contribution < -0.4 is 10.2 Å². The number of hydrogen-bond acceptors (Lipinski definition) is 2. The van der Waals surface area contributed by atoms with E-state index in [1.807, 2.05) is 48.5 Å². The lowest BCUT2D eigenvalue weighted by atomic mass is 9.88. The number of carbonyl (C=O) groups excluding carboxylic acids is 1. The number of benzene rings is 3. The third-order valence-corrected chi connectivity index (χ3v) is 6.09. The molecule has 3 nitrogen and oxygen atoms in total. The standard InChI is InChI=1S/C27H30N2O/c1-21-16-18-29(19-17-21)25-14-12-24(13-15-25)28-27(30)20-26(22-8-4-2-5-9-22)23-10-6-3-7-11-23/h2-15,21,26H,16-20H2,1H3,(H,28,30). The second-order valence-corrected chi connectivity index (χ2v) is 8.34. The van der Waals surface area contributed by atoms with Crippen LogP contribution in [0, 0.1) is 5.92 Å². The monoisotopic (exact) mass is 398 g/mol. The van der Waals surface area contributed by atoms with Crippen LogP contribution in [0.1, 0.15) is 43.2 Å². The molecule has 0 aromatic heterocycles. The molecule has 0 saturated carbocycles. The van der Waals surface area contributed by atoms with Gasteiger partial charge in [-0.15, -0.1) is 0 Å². The van der Waals surface area contributed by atoms with Crippen molar-refractivity contribution in [1.29, 1.82) is 0 Å². The first-order valence-electron chi connectivity index (χ1n) is 10.9. The quantitative estimate of drug-likeness (QED) is 0.545. The lowest BCUT2D eigenvalue weighted by Gasteiger charge is -2.32. The van der Waals surface area contributed by atoms with Gasteiger partial charge in [-0.2, -0.15) is 0 Å². The molecule has 1 saturated heterocycles. The molecule has 0 spiro atoms. The van der Waals surface area contributed by atoms with Gasteiger partial charge in [-0.05, 0) is 54.2 Å². The van der Waals surface area contributed by atoms with Gasteiger partial charge in [0.05, 0.1) is 0 Å². The first-order chi connectivity index (χ1) is 14.7. The number of hydrogen-bond donors (Lipinski definition) is 1. The van der Waals surface area contributed by atoms with Gasteiger partial charge in [0.1, 0.15) is 0 Å². The van der Waals surface area contributed by atoms with E-state index in [1.54, 1.807) is 0 Å². The summed E-state index contributed by atoms with van der Waals surface area (Å²) in [6.07, 6.45) is 2.91. The van der Waals surface area contributed by atoms with Crippen LogP contribution in [0.2, 0.25) is 0 Å². The third-order valence-electron chi connectivity index (χ3n) is 6.09. The fraction of sp³-hybridized carbons (Fsp3) is 0.296. The van der Waals surface area contributed by atoms with Crippen molar-refractivity contribution in [2.75, 3.05) is 23.3 Å². The molecule has 1 aliphatic rings. The first kappa shape index (κ1) is 20.2. The molecular formula is C27H30N2O. The predicted molar refractivity (Wildman–Crippen MR) is 125 cm³/mol. The second-order valence-electron chi connectivity index (χ2n) is 8.34. The van der Waals surface area contributed by atoms with Gasteiger partial charge in [-0.3, -0.25) is 4.79 Å². The van der Waals surface area contributed by atoms with Crippen LogP contribution in [-0.2, 0) is 4.79 Å². The Labute approximate surface area is 179 Å². The molecule has 1 N–H and O–H groups in total. The molecule has 1 amide bonds. The second kappa shape index (κ2) is 9.62. The van der Waals surface area contributed by atoms with E-state index in [-0.39, 0.29) is 11.8 Å². The minimum atomic E-state index is 0.0345. The summed E-state index contributed by atoms with van der Waals surface area (Å²) in [7, 11) is 0. The zero-order valence-corrected chi connectivity index (χ0v) is 17.6. The number of carbonyl (C=O) groups is 1. The molecule has 0 aliphatic carbocycles. The average Bonchev–Trinajstić information content (AvgIpc) is 2.80. The van der Waals surface area contributed by atoms with Crippen molar-refractivity contribution in [2.24, 2.45) is 5.92 Å². The highest BCUT2D eigenvalue weighted by Crippen LogP contribution is 2.29. The first-order valence-corrected chi connectivity index (χ1v) is 10.9. The Morgan fingerprint density at radius 1 is 0.867 bits per heavy atom. The molecule has 0 atom stereocenters. The Balaban J connectivity index is 1.42. The van der Waals surface area contributed by atoms with Crippen molar-refractivity contribution in [3.05, 3.63) is 96.1 Å². The van der Waals surface area contributed by atoms with Crippen molar-refractivity contribution in [2.45, 2.75) is 32.1 Å². The van der Waals surface area contributed by atoms with Crippen molar-refractivity contribution >= 4 is 17.3 Å². The number of amides is 1. The van der Waals surface area contributed by atoms with E-state index < -0.39 is 0 Å². The van der Waals surface area contributed by atoms with Crippen molar-refractivity contribution in [1.82, 2.24) is 0 Å². The lowest BCUT2D eigenvalue weighted by Crippen LogP contribution is -2.32. The normalized spacial score (nSPS) is 14.7. The molecule has 154 valence electrons. The minimum Gasteiger partial charge on any atom is -0.372 e. The molecule has 3 heteroatoms. The molecule has 0 radical (unpaired) electrons. The number of nitrogens with one attached hydrogen (secondary N) is 1. The van der Waals surface area contributed by atoms with Crippen LogP contribution >= 0.6 is 0 Å². The Hall–Kier alpha value is -3.07. The lowest BCUT2D eigenvalue weighted by molar-refractivity contribution is -0.116. The third kappa shape index (κ3) is 5.10. The van der Waals surface area contributed by atoms with Crippen LogP contribution in [0.5, 0.6) is 0 Å². The molecule has 1 heterocycles. The number of anilines is 2. The number of nitrogens with zero attached hydrogens (tertiary/aromatic N) is 1. The largest absolute Gasteiger partial charge is 0.372 e. The van der Waals surface area contributed by atoms with Gasteiger partial charge in [0.2, 0.25) is 5.91 Å². The molecule has 1 fully saturated rings. The fourth-order valence-corrected chi connectivity index (χ4v) is 4.22. The number of piperidine rings is 1. The maximum Gasteiger partial charge on any atom is 0.225 e. The van der Waals surface area contributed by atoms with Gasteiger partial charge in [0, 0.05) is 36.8 Å². The smallest absolute Gasteiger partial charge is 0.225 e. The van der Waals surface area contributed by atoms with E-state index in [2.05, 4.69) is 53.5 Å². The highest BCUT2D eigenvalue weighted by molar-refractivity contribution is 5.91. The molecule has 1 aliphatic heterocycles. The summed E-state index contributed by atoms with van der Waals surface area (Å²) in [5.41, 5.74) is 4.42. The molecule has 0 unspecified atom stereocenters. The molecule has 3 aromatic rings. The van der Waals surface area contributed by atoms with Crippen LogP contribution in [-0.4, -0.2) is 19.0 Å². The van der Waals surface area contributed by atoms with Crippen molar-refractivity contribution in [3.8, 4) is 0 Å². The van der Waals surface area contributed by atoms with Gasteiger partial charge >= 0.3 is 0 Å². The molecule has 3 aromatic carbocycles. The van der Waals surface area contributed by atoms with E-state index in [4.69, 9.17) is 0 Å². The average molecular weight is 399 g/mol. The highest BCUT2D eigenvalue weighted by atomic mass is 16.1. The van der Waals surface area contributed by atoms with Gasteiger partial charge in [0.25, 0.3) is 0 Å². The maximum absolute atomic E-state index is 12.9. The Morgan fingerprint density at radius 3 is 1.93 bits per heavy atom. The SMILES string of the molecule is CC1CCN(c2ccc(NC(=O)CC(c3ccccc3)c3ccccc3)cc2)CC1. The maximum atomic E-state index is 12.9.